The van der Waals surface area contributed by atoms with Gasteiger partial charge in [0.1, 0.15) is 5.69 Å². The molecule has 0 radical (unpaired) electrons. The summed E-state index contributed by atoms with van der Waals surface area (Å²) in [5.41, 5.74) is 0.965. The van der Waals surface area contributed by atoms with Crippen molar-refractivity contribution in [3.05, 3.63) is 33.9 Å². The molecule has 0 spiro atoms. The molecular weight excluding hydrogens is 266 g/mol. The number of aromatic amines is 1. The van der Waals surface area contributed by atoms with Crippen molar-refractivity contribution in [1.29, 1.82) is 0 Å². The van der Waals surface area contributed by atoms with E-state index in [4.69, 9.17) is 5.11 Å². The Morgan fingerprint density at radius 1 is 1.57 bits per heavy atom. The van der Waals surface area contributed by atoms with Crippen LogP contribution in [0.4, 0.5) is 0 Å². The van der Waals surface area contributed by atoms with Gasteiger partial charge in [-0.05, 0) is 28.1 Å². The molecule has 0 bridgehead atoms. The molecule has 0 fully saturated rings. The van der Waals surface area contributed by atoms with E-state index in [0.717, 1.165) is 14.9 Å². The SMILES string of the molecule is O=C(O)c1[nH]ccc1-c1cc(Br)cs1. The van der Waals surface area contributed by atoms with Gasteiger partial charge in [0.2, 0.25) is 0 Å². The van der Waals surface area contributed by atoms with Crippen molar-refractivity contribution in [2.45, 2.75) is 0 Å². The molecule has 2 rings (SSSR count). The van der Waals surface area contributed by atoms with Gasteiger partial charge in [-0.2, -0.15) is 0 Å². The van der Waals surface area contributed by atoms with Gasteiger partial charge in [-0.15, -0.1) is 11.3 Å². The first kappa shape index (κ1) is 9.48. The Morgan fingerprint density at radius 3 is 2.93 bits per heavy atom. The number of aromatic carboxylic acids is 1. The van der Waals surface area contributed by atoms with Crippen LogP contribution in [0, 0.1) is 0 Å². The highest BCUT2D eigenvalue weighted by Gasteiger charge is 2.13. The minimum absolute atomic E-state index is 0.236. The second-order valence-corrected chi connectivity index (χ2v) is 4.53. The number of nitrogens with one attached hydrogen (secondary N) is 1. The van der Waals surface area contributed by atoms with Crippen molar-refractivity contribution in [2.75, 3.05) is 0 Å². The maximum atomic E-state index is 10.8. The molecule has 5 heteroatoms. The monoisotopic (exact) mass is 271 g/mol. The highest BCUT2D eigenvalue weighted by molar-refractivity contribution is 9.10. The number of H-pyrrole nitrogens is 1. The predicted octanol–water partition coefficient (Wildman–Crippen LogP) is 3.20. The van der Waals surface area contributed by atoms with Gasteiger partial charge in [-0.25, -0.2) is 4.79 Å². The fourth-order valence-corrected chi connectivity index (χ4v) is 2.67. The van der Waals surface area contributed by atoms with Gasteiger partial charge in [0, 0.05) is 26.5 Å². The molecule has 0 unspecified atom stereocenters. The Morgan fingerprint density at radius 2 is 2.36 bits per heavy atom. The number of hydrogen-bond acceptors (Lipinski definition) is 2. The van der Waals surface area contributed by atoms with Gasteiger partial charge in [-0.3, -0.25) is 0 Å². The van der Waals surface area contributed by atoms with Crippen LogP contribution < -0.4 is 0 Å². The van der Waals surface area contributed by atoms with E-state index >= 15 is 0 Å². The quantitative estimate of drug-likeness (QED) is 0.882. The zero-order valence-electron chi connectivity index (χ0n) is 6.95. The topological polar surface area (TPSA) is 53.1 Å². The molecule has 0 atom stereocenters. The summed E-state index contributed by atoms with van der Waals surface area (Å²) in [6, 6.07) is 3.67. The van der Waals surface area contributed by atoms with Crippen molar-refractivity contribution in [2.24, 2.45) is 0 Å². The first-order chi connectivity index (χ1) is 6.68. The number of aromatic nitrogens is 1. The maximum absolute atomic E-state index is 10.8. The van der Waals surface area contributed by atoms with Gasteiger partial charge in [0.05, 0.1) is 0 Å². The second-order valence-electron chi connectivity index (χ2n) is 2.70. The number of hydrogen-bond donors (Lipinski definition) is 2. The summed E-state index contributed by atoms with van der Waals surface area (Å²) in [4.78, 5) is 14.5. The molecule has 0 aliphatic heterocycles. The van der Waals surface area contributed by atoms with E-state index in [-0.39, 0.29) is 5.69 Å². The molecule has 3 nitrogen and oxygen atoms in total. The van der Waals surface area contributed by atoms with Crippen molar-refractivity contribution in [3.63, 3.8) is 0 Å². The molecule has 0 saturated carbocycles. The van der Waals surface area contributed by atoms with Crippen LogP contribution >= 0.6 is 27.3 Å². The molecule has 2 heterocycles. The van der Waals surface area contributed by atoms with Crippen molar-refractivity contribution >= 4 is 33.2 Å². The number of thiophene rings is 1. The van der Waals surface area contributed by atoms with Crippen LogP contribution in [-0.4, -0.2) is 16.1 Å². The van der Waals surface area contributed by atoms with Crippen molar-refractivity contribution < 1.29 is 9.90 Å². The molecule has 14 heavy (non-hydrogen) atoms. The summed E-state index contributed by atoms with van der Waals surface area (Å²) in [6.07, 6.45) is 1.63. The van der Waals surface area contributed by atoms with E-state index in [1.165, 1.54) is 11.3 Å². The molecule has 0 aliphatic carbocycles. The third-order valence-electron chi connectivity index (χ3n) is 1.79. The summed E-state index contributed by atoms with van der Waals surface area (Å²) in [7, 11) is 0. The number of halogens is 1. The largest absolute Gasteiger partial charge is 0.477 e. The van der Waals surface area contributed by atoms with Crippen molar-refractivity contribution in [1.82, 2.24) is 4.98 Å². The summed E-state index contributed by atoms with van der Waals surface area (Å²) >= 11 is 4.84. The first-order valence-corrected chi connectivity index (χ1v) is 5.51. The van der Waals surface area contributed by atoms with Crippen LogP contribution in [0.5, 0.6) is 0 Å². The highest BCUT2D eigenvalue weighted by Crippen LogP contribution is 2.31. The van der Waals surface area contributed by atoms with Gasteiger partial charge >= 0.3 is 5.97 Å². The normalized spacial score (nSPS) is 10.4. The van der Waals surface area contributed by atoms with Gasteiger partial charge < -0.3 is 10.1 Å². The molecule has 2 aromatic rings. The molecular formula is C9H6BrNO2S. The molecule has 72 valence electrons. The Hall–Kier alpha value is -1.07. The lowest BCUT2D eigenvalue weighted by Crippen LogP contribution is -1.97. The molecule has 0 aliphatic rings. The van der Waals surface area contributed by atoms with Crippen molar-refractivity contribution in [3.8, 4) is 10.4 Å². The van der Waals surface area contributed by atoms with E-state index in [1.54, 1.807) is 12.3 Å². The number of carboxylic acids is 1. The fraction of sp³-hybridized carbons (Fsp3) is 0. The van der Waals surface area contributed by atoms with E-state index in [9.17, 15) is 4.79 Å². The standard InChI is InChI=1S/C9H6BrNO2S/c10-5-3-7(14-4-5)6-1-2-11-8(6)9(12)13/h1-4,11H,(H,12,13). The van der Waals surface area contributed by atoms with Gasteiger partial charge in [0.25, 0.3) is 0 Å². The Balaban J connectivity index is 2.51. The fourth-order valence-electron chi connectivity index (χ4n) is 1.21. The van der Waals surface area contributed by atoms with Gasteiger partial charge in [0.15, 0.2) is 0 Å². The predicted molar refractivity (Wildman–Crippen MR) is 58.8 cm³/mol. The highest BCUT2D eigenvalue weighted by atomic mass is 79.9. The first-order valence-electron chi connectivity index (χ1n) is 3.83. The number of rotatable bonds is 2. The lowest BCUT2D eigenvalue weighted by atomic mass is 10.2. The minimum atomic E-state index is -0.936. The zero-order valence-corrected chi connectivity index (χ0v) is 9.35. The smallest absolute Gasteiger partial charge is 0.352 e. The average Bonchev–Trinajstić information content (AvgIpc) is 2.70. The van der Waals surface area contributed by atoms with E-state index < -0.39 is 5.97 Å². The minimum Gasteiger partial charge on any atom is -0.477 e. The summed E-state index contributed by atoms with van der Waals surface area (Å²) in [6.45, 7) is 0. The van der Waals surface area contributed by atoms with Crippen LogP contribution in [0.1, 0.15) is 10.5 Å². The van der Waals surface area contributed by atoms with Crippen LogP contribution in [0.2, 0.25) is 0 Å². The Bertz CT molecular complexity index is 475. The maximum Gasteiger partial charge on any atom is 0.352 e. The Labute approximate surface area is 92.5 Å². The van der Waals surface area contributed by atoms with Crippen LogP contribution in [0.15, 0.2) is 28.2 Å². The van der Waals surface area contributed by atoms with Crippen LogP contribution in [0.3, 0.4) is 0 Å². The molecule has 2 aromatic heterocycles. The second kappa shape index (κ2) is 3.59. The molecule has 0 saturated heterocycles. The van der Waals surface area contributed by atoms with Crippen LogP contribution in [-0.2, 0) is 0 Å². The zero-order chi connectivity index (χ0) is 10.1. The van der Waals surface area contributed by atoms with E-state index in [0.29, 0.717) is 0 Å². The van der Waals surface area contributed by atoms with E-state index in [2.05, 4.69) is 20.9 Å². The summed E-state index contributed by atoms with van der Waals surface area (Å²) in [5, 5.41) is 10.8. The van der Waals surface area contributed by atoms with E-state index in [1.807, 2.05) is 11.4 Å². The summed E-state index contributed by atoms with van der Waals surface area (Å²) in [5.74, 6) is -0.936. The molecule has 2 N–H and O–H groups in total. The lowest BCUT2D eigenvalue weighted by Gasteiger charge is -1.94. The Kier molecular flexibility index (Phi) is 2.43. The number of carboxylic acid groups (broad SMARTS) is 1. The van der Waals surface area contributed by atoms with Crippen LogP contribution in [0.25, 0.3) is 10.4 Å². The lowest BCUT2D eigenvalue weighted by molar-refractivity contribution is 0.0692. The third-order valence-corrected chi connectivity index (χ3v) is 3.52. The molecule has 0 aromatic carbocycles. The molecule has 0 amide bonds. The summed E-state index contributed by atoms with van der Waals surface area (Å²) < 4.78 is 0.968. The third kappa shape index (κ3) is 1.60. The van der Waals surface area contributed by atoms with Gasteiger partial charge in [-0.1, -0.05) is 0 Å². The number of carbonyl (C=O) groups is 1. The average molecular weight is 272 g/mol.